The van der Waals surface area contributed by atoms with E-state index in [1.165, 1.54) is 24.3 Å². The van der Waals surface area contributed by atoms with E-state index in [-0.39, 0.29) is 27.8 Å². The lowest BCUT2D eigenvalue weighted by atomic mass is 10.2. The highest BCUT2D eigenvalue weighted by Crippen LogP contribution is 2.27. The Morgan fingerprint density at radius 3 is 2.48 bits per heavy atom. The smallest absolute Gasteiger partial charge is 0.340 e. The molecule has 0 atom stereocenters. The summed E-state index contributed by atoms with van der Waals surface area (Å²) < 4.78 is 20.0. The molecule has 1 amide bonds. The van der Waals surface area contributed by atoms with E-state index in [1.807, 2.05) is 0 Å². The fraction of sp³-hybridized carbons (Fsp3) is 0.143. The highest BCUT2D eigenvalue weighted by Gasteiger charge is 2.19. The molecule has 10 heteroatoms. The predicted octanol–water partition coefficient (Wildman–Crippen LogP) is 4.59. The van der Waals surface area contributed by atoms with Crippen LogP contribution in [0.2, 0.25) is 5.02 Å². The largest absolute Gasteiger partial charge is 0.452 e. The number of halogens is 2. The summed E-state index contributed by atoms with van der Waals surface area (Å²) in [5, 5.41) is 13.3. The summed E-state index contributed by atoms with van der Waals surface area (Å²) in [6.07, 6.45) is 0. The molecule has 3 aromatic rings. The molecule has 0 unspecified atom stereocenters. The molecule has 160 valence electrons. The van der Waals surface area contributed by atoms with E-state index in [4.69, 9.17) is 16.3 Å². The number of aromatic nitrogens is 1. The summed E-state index contributed by atoms with van der Waals surface area (Å²) >= 11 is 5.74. The molecule has 0 spiro atoms. The van der Waals surface area contributed by atoms with Crippen LogP contribution in [0.1, 0.15) is 21.7 Å². The Hall–Kier alpha value is -3.72. The minimum Gasteiger partial charge on any atom is -0.452 e. The van der Waals surface area contributed by atoms with E-state index in [9.17, 15) is 24.1 Å². The molecule has 0 aliphatic heterocycles. The van der Waals surface area contributed by atoms with Gasteiger partial charge >= 0.3 is 5.97 Å². The summed E-state index contributed by atoms with van der Waals surface area (Å²) in [4.78, 5) is 34.8. The first-order valence-corrected chi connectivity index (χ1v) is 9.41. The van der Waals surface area contributed by atoms with E-state index < -0.39 is 23.4 Å². The Morgan fingerprint density at radius 2 is 1.84 bits per heavy atom. The zero-order chi connectivity index (χ0) is 22.7. The van der Waals surface area contributed by atoms with Crippen molar-refractivity contribution in [1.29, 1.82) is 0 Å². The highest BCUT2D eigenvalue weighted by atomic mass is 35.5. The number of esters is 1. The lowest BCUT2D eigenvalue weighted by Gasteiger charge is -2.10. The van der Waals surface area contributed by atoms with Crippen molar-refractivity contribution in [2.45, 2.75) is 13.8 Å². The van der Waals surface area contributed by atoms with Crippen LogP contribution in [0.5, 0.6) is 0 Å². The molecule has 0 fully saturated rings. The van der Waals surface area contributed by atoms with E-state index in [2.05, 4.69) is 5.32 Å². The van der Waals surface area contributed by atoms with Gasteiger partial charge in [-0.1, -0.05) is 11.6 Å². The number of aryl methyl sites for hydroxylation is 1. The fourth-order valence-electron chi connectivity index (χ4n) is 3.09. The normalized spacial score (nSPS) is 10.6. The number of nitrogens with one attached hydrogen (secondary N) is 1. The minimum absolute atomic E-state index is 0.0639. The van der Waals surface area contributed by atoms with Crippen molar-refractivity contribution in [3.63, 3.8) is 0 Å². The maximum absolute atomic E-state index is 13.2. The van der Waals surface area contributed by atoms with E-state index in [0.717, 1.165) is 11.8 Å². The van der Waals surface area contributed by atoms with Crippen molar-refractivity contribution < 1.29 is 23.6 Å². The zero-order valence-corrected chi connectivity index (χ0v) is 17.3. The molecule has 1 heterocycles. The Bertz CT molecular complexity index is 1170. The number of rotatable bonds is 6. The minimum atomic E-state index is -0.710. The van der Waals surface area contributed by atoms with Gasteiger partial charge in [-0.3, -0.25) is 14.9 Å². The molecule has 8 nitrogen and oxygen atoms in total. The van der Waals surface area contributed by atoms with Crippen LogP contribution in [-0.2, 0) is 9.53 Å². The van der Waals surface area contributed by atoms with Crippen LogP contribution in [0.15, 0.2) is 48.5 Å². The number of nitrogens with zero attached hydrogens (tertiary/aromatic N) is 2. The average Bonchev–Trinajstić information content (AvgIpc) is 3.02. The van der Waals surface area contributed by atoms with Crippen LogP contribution in [0, 0.1) is 29.8 Å². The zero-order valence-electron chi connectivity index (χ0n) is 16.5. The van der Waals surface area contributed by atoms with Crippen LogP contribution >= 0.6 is 11.6 Å². The lowest BCUT2D eigenvalue weighted by Crippen LogP contribution is -2.21. The molecule has 0 bridgehead atoms. The summed E-state index contributed by atoms with van der Waals surface area (Å²) in [5.41, 5.74) is 2.03. The number of carbonyl (C=O) groups is 2. The van der Waals surface area contributed by atoms with E-state index in [1.54, 1.807) is 36.6 Å². The summed E-state index contributed by atoms with van der Waals surface area (Å²) in [6, 6.07) is 11.2. The van der Waals surface area contributed by atoms with Gasteiger partial charge in [0.05, 0.1) is 10.5 Å². The number of nitro benzene ring substituents is 1. The maximum atomic E-state index is 13.2. The van der Waals surface area contributed by atoms with Gasteiger partial charge in [-0.05, 0) is 56.3 Å². The Balaban J connectivity index is 1.68. The van der Waals surface area contributed by atoms with Gasteiger partial charge < -0.3 is 14.6 Å². The molecule has 0 radical (unpaired) electrons. The first kappa shape index (κ1) is 22.0. The van der Waals surface area contributed by atoms with E-state index >= 15 is 0 Å². The molecule has 3 rings (SSSR count). The highest BCUT2D eigenvalue weighted by molar-refractivity contribution is 6.32. The van der Waals surface area contributed by atoms with Gasteiger partial charge in [0.25, 0.3) is 11.6 Å². The molecule has 1 N–H and O–H groups in total. The third-order valence-corrected chi connectivity index (χ3v) is 4.82. The molecule has 0 aliphatic rings. The average molecular weight is 446 g/mol. The van der Waals surface area contributed by atoms with Crippen LogP contribution < -0.4 is 5.32 Å². The van der Waals surface area contributed by atoms with E-state index in [0.29, 0.717) is 11.4 Å². The number of anilines is 1. The standard InChI is InChI=1S/C21H17ClFN3O5/c1-12-9-17(13(2)25(12)16-6-3-14(23)4-7-16)21(28)31-11-20(27)24-15-5-8-18(22)19(10-15)26(29)30/h3-10H,11H2,1-2H3,(H,24,27). The van der Waals surface area contributed by atoms with Crippen molar-refractivity contribution in [2.24, 2.45) is 0 Å². The fourth-order valence-corrected chi connectivity index (χ4v) is 3.28. The number of hydrogen-bond acceptors (Lipinski definition) is 5. The number of amides is 1. The van der Waals surface area contributed by atoms with Crippen molar-refractivity contribution in [2.75, 3.05) is 11.9 Å². The first-order valence-electron chi connectivity index (χ1n) is 9.03. The van der Waals surface area contributed by atoms with Crippen molar-refractivity contribution >= 4 is 34.9 Å². The monoisotopic (exact) mass is 445 g/mol. The molecule has 0 saturated heterocycles. The second kappa shape index (κ2) is 8.97. The van der Waals surface area contributed by atoms with Gasteiger partial charge in [-0.25, -0.2) is 9.18 Å². The van der Waals surface area contributed by atoms with Gasteiger partial charge in [-0.2, -0.15) is 0 Å². The van der Waals surface area contributed by atoms with Crippen LogP contribution in [0.3, 0.4) is 0 Å². The molecule has 1 aromatic heterocycles. The Labute approximate surface area is 181 Å². The first-order chi connectivity index (χ1) is 14.7. The van der Waals surface area contributed by atoms with Gasteiger partial charge in [-0.15, -0.1) is 0 Å². The molecular weight excluding hydrogens is 429 g/mol. The molecular formula is C21H17ClFN3O5. The summed E-state index contributed by atoms with van der Waals surface area (Å²) in [7, 11) is 0. The molecule has 31 heavy (non-hydrogen) atoms. The van der Waals surface area contributed by atoms with Gasteiger partial charge in [0, 0.05) is 28.8 Å². The molecule has 0 aliphatic carbocycles. The van der Waals surface area contributed by atoms with Gasteiger partial charge in [0.1, 0.15) is 10.8 Å². The van der Waals surface area contributed by atoms with Crippen molar-refractivity contribution in [1.82, 2.24) is 4.57 Å². The topological polar surface area (TPSA) is 103 Å². The second-order valence-corrected chi connectivity index (χ2v) is 7.05. The maximum Gasteiger partial charge on any atom is 0.340 e. The quantitative estimate of drug-likeness (QED) is 0.339. The number of hydrogen-bond donors (Lipinski definition) is 1. The lowest BCUT2D eigenvalue weighted by molar-refractivity contribution is -0.384. The summed E-state index contributed by atoms with van der Waals surface area (Å²) in [6.45, 7) is 2.91. The third kappa shape index (κ3) is 4.89. The predicted molar refractivity (Wildman–Crippen MR) is 112 cm³/mol. The number of nitro groups is 1. The SMILES string of the molecule is Cc1cc(C(=O)OCC(=O)Nc2ccc(Cl)c([N+](=O)[O-])c2)c(C)n1-c1ccc(F)cc1. The van der Waals surface area contributed by atoms with Crippen LogP contribution in [-0.4, -0.2) is 28.0 Å². The van der Waals surface area contributed by atoms with Gasteiger partial charge in [0.15, 0.2) is 6.61 Å². The molecule has 2 aromatic carbocycles. The number of carbonyl (C=O) groups excluding carboxylic acids is 2. The van der Waals surface area contributed by atoms with Gasteiger partial charge in [0.2, 0.25) is 0 Å². The van der Waals surface area contributed by atoms with Crippen molar-refractivity contribution in [3.8, 4) is 5.69 Å². The van der Waals surface area contributed by atoms with Crippen molar-refractivity contribution in [3.05, 3.63) is 86.4 Å². The van der Waals surface area contributed by atoms with Crippen LogP contribution in [0.25, 0.3) is 5.69 Å². The Kier molecular flexibility index (Phi) is 6.36. The number of benzene rings is 2. The third-order valence-electron chi connectivity index (χ3n) is 4.50. The Morgan fingerprint density at radius 1 is 1.16 bits per heavy atom. The van der Waals surface area contributed by atoms with Crippen LogP contribution in [0.4, 0.5) is 15.8 Å². The summed E-state index contributed by atoms with van der Waals surface area (Å²) in [5.74, 6) is -1.75. The number of ether oxygens (including phenoxy) is 1. The second-order valence-electron chi connectivity index (χ2n) is 6.64. The molecule has 0 saturated carbocycles.